The predicted molar refractivity (Wildman–Crippen MR) is 137 cm³/mol. The third kappa shape index (κ3) is 3.81. The number of aromatic nitrogens is 4. The molecule has 6 rings (SSSR count). The molecule has 0 bridgehead atoms. The highest BCUT2D eigenvalue weighted by Crippen LogP contribution is 2.33. The lowest BCUT2D eigenvalue weighted by Crippen LogP contribution is -2.53. The lowest BCUT2D eigenvalue weighted by atomic mass is 10.1. The molecular formula is C28H32N6. The SMILES string of the molecule is Cc1ccc(Cc2nc3nc4c(c(N5CCN(c6cccc(C)c6)C(C)C5)n3n2)CCC4)cc1. The van der Waals surface area contributed by atoms with Gasteiger partial charge in [0.15, 0.2) is 5.82 Å². The van der Waals surface area contributed by atoms with Crippen molar-refractivity contribution in [2.24, 2.45) is 0 Å². The van der Waals surface area contributed by atoms with Crippen LogP contribution in [0.5, 0.6) is 0 Å². The number of rotatable bonds is 4. The van der Waals surface area contributed by atoms with Gasteiger partial charge in [0.05, 0.1) is 5.69 Å². The molecule has 0 amide bonds. The van der Waals surface area contributed by atoms with Crippen molar-refractivity contribution in [2.75, 3.05) is 29.4 Å². The van der Waals surface area contributed by atoms with Crippen LogP contribution in [0.3, 0.4) is 0 Å². The number of nitrogens with zero attached hydrogens (tertiary/aromatic N) is 6. The largest absolute Gasteiger partial charge is 0.365 e. The van der Waals surface area contributed by atoms with Gasteiger partial charge in [-0.2, -0.15) is 9.50 Å². The Morgan fingerprint density at radius 3 is 2.59 bits per heavy atom. The molecule has 2 aromatic heterocycles. The van der Waals surface area contributed by atoms with Crippen molar-refractivity contribution in [2.45, 2.75) is 52.5 Å². The van der Waals surface area contributed by atoms with E-state index in [1.165, 1.54) is 39.5 Å². The molecule has 1 aliphatic carbocycles. The van der Waals surface area contributed by atoms with E-state index in [1.807, 2.05) is 4.52 Å². The Morgan fingerprint density at radius 2 is 1.79 bits per heavy atom. The molecule has 0 saturated carbocycles. The van der Waals surface area contributed by atoms with Crippen molar-refractivity contribution in [1.82, 2.24) is 19.6 Å². The summed E-state index contributed by atoms with van der Waals surface area (Å²) in [5.41, 5.74) is 7.71. The van der Waals surface area contributed by atoms with Crippen LogP contribution in [0.4, 0.5) is 11.5 Å². The molecule has 1 unspecified atom stereocenters. The number of fused-ring (bicyclic) bond motifs is 2. The van der Waals surface area contributed by atoms with Gasteiger partial charge in [-0.05, 0) is 63.3 Å². The van der Waals surface area contributed by atoms with E-state index in [1.54, 1.807) is 0 Å². The third-order valence-corrected chi connectivity index (χ3v) is 7.27. The lowest BCUT2D eigenvalue weighted by molar-refractivity contribution is 0.541. The lowest BCUT2D eigenvalue weighted by Gasteiger charge is -2.42. The van der Waals surface area contributed by atoms with E-state index in [-0.39, 0.29) is 0 Å². The first-order chi connectivity index (χ1) is 16.5. The summed E-state index contributed by atoms with van der Waals surface area (Å²) in [6, 6.07) is 17.9. The molecule has 6 heteroatoms. The zero-order valence-corrected chi connectivity index (χ0v) is 20.3. The topological polar surface area (TPSA) is 49.6 Å². The number of benzene rings is 2. The zero-order valence-electron chi connectivity index (χ0n) is 20.3. The van der Waals surface area contributed by atoms with Crippen LogP contribution in [0.1, 0.15) is 47.1 Å². The Kier molecular flexibility index (Phi) is 5.24. The molecule has 0 N–H and O–H groups in total. The molecule has 6 nitrogen and oxygen atoms in total. The van der Waals surface area contributed by atoms with Crippen molar-refractivity contribution in [1.29, 1.82) is 0 Å². The highest BCUT2D eigenvalue weighted by atomic mass is 15.4. The minimum absolute atomic E-state index is 0.409. The normalized spacial score (nSPS) is 18.0. The molecule has 0 radical (unpaired) electrons. The Bertz CT molecular complexity index is 1340. The van der Waals surface area contributed by atoms with Crippen molar-refractivity contribution in [3.05, 3.63) is 82.3 Å². The summed E-state index contributed by atoms with van der Waals surface area (Å²) in [6.45, 7) is 9.54. The number of anilines is 2. The Balaban J connectivity index is 1.33. The fraction of sp³-hybridized carbons (Fsp3) is 0.393. The van der Waals surface area contributed by atoms with Gasteiger partial charge in [0.2, 0.25) is 0 Å². The molecule has 1 saturated heterocycles. The average Bonchev–Trinajstić information content (AvgIpc) is 3.45. The molecule has 1 fully saturated rings. The third-order valence-electron chi connectivity index (χ3n) is 7.27. The Morgan fingerprint density at radius 1 is 0.941 bits per heavy atom. The van der Waals surface area contributed by atoms with E-state index in [4.69, 9.17) is 15.1 Å². The van der Waals surface area contributed by atoms with Gasteiger partial charge < -0.3 is 9.80 Å². The van der Waals surface area contributed by atoms with Gasteiger partial charge in [-0.15, -0.1) is 5.10 Å². The highest BCUT2D eigenvalue weighted by Gasteiger charge is 2.30. The molecule has 1 atom stereocenters. The van der Waals surface area contributed by atoms with Crippen molar-refractivity contribution >= 4 is 17.3 Å². The van der Waals surface area contributed by atoms with Gasteiger partial charge in [0.1, 0.15) is 5.82 Å². The predicted octanol–water partition coefficient (Wildman–Crippen LogP) is 4.54. The highest BCUT2D eigenvalue weighted by molar-refractivity contribution is 5.59. The molecule has 1 aliphatic heterocycles. The molecule has 0 spiro atoms. The fourth-order valence-corrected chi connectivity index (χ4v) is 5.53. The summed E-state index contributed by atoms with van der Waals surface area (Å²) in [5.74, 6) is 2.80. The standard InChI is InChI=1S/C28H32N6/c1-19-10-12-22(13-11-19)17-26-30-28-29-25-9-5-8-24(25)27(34(28)31-26)32-14-15-33(21(3)18-32)23-7-4-6-20(2)16-23/h4,6-7,10-13,16,21H,5,8-9,14-15,17-18H2,1-3H3. The van der Waals surface area contributed by atoms with Gasteiger partial charge >= 0.3 is 0 Å². The summed E-state index contributed by atoms with van der Waals surface area (Å²) >= 11 is 0. The van der Waals surface area contributed by atoms with E-state index < -0.39 is 0 Å². The molecule has 2 aliphatic rings. The fourth-order valence-electron chi connectivity index (χ4n) is 5.53. The minimum atomic E-state index is 0.409. The number of piperazine rings is 1. The number of hydrogen-bond donors (Lipinski definition) is 0. The molecule has 34 heavy (non-hydrogen) atoms. The van der Waals surface area contributed by atoms with Crippen LogP contribution >= 0.6 is 0 Å². The molecule has 3 heterocycles. The Labute approximate surface area is 201 Å². The molecular weight excluding hydrogens is 420 g/mol. The molecule has 174 valence electrons. The Hall–Kier alpha value is -3.41. The van der Waals surface area contributed by atoms with E-state index in [0.717, 1.165) is 56.9 Å². The van der Waals surface area contributed by atoms with Gasteiger partial charge in [-0.3, -0.25) is 0 Å². The summed E-state index contributed by atoms with van der Waals surface area (Å²) in [7, 11) is 0. The first-order valence-electron chi connectivity index (χ1n) is 12.5. The van der Waals surface area contributed by atoms with Crippen LogP contribution in [0, 0.1) is 13.8 Å². The molecule has 2 aromatic carbocycles. The van der Waals surface area contributed by atoms with Gasteiger partial charge in [-0.25, -0.2) is 4.98 Å². The second kappa shape index (κ2) is 8.42. The maximum absolute atomic E-state index is 4.98. The van der Waals surface area contributed by atoms with E-state index in [9.17, 15) is 0 Å². The second-order valence-electron chi connectivity index (χ2n) is 9.94. The van der Waals surface area contributed by atoms with Crippen molar-refractivity contribution in [3.8, 4) is 0 Å². The van der Waals surface area contributed by atoms with Crippen LogP contribution in [-0.4, -0.2) is 45.3 Å². The number of hydrogen-bond acceptors (Lipinski definition) is 5. The van der Waals surface area contributed by atoms with E-state index >= 15 is 0 Å². The first kappa shape index (κ1) is 21.1. The average molecular weight is 453 g/mol. The quantitative estimate of drug-likeness (QED) is 0.455. The van der Waals surface area contributed by atoms with Crippen LogP contribution in [0.15, 0.2) is 48.5 Å². The van der Waals surface area contributed by atoms with Crippen LogP contribution in [0.25, 0.3) is 5.78 Å². The summed E-state index contributed by atoms with van der Waals surface area (Å²) in [5, 5.41) is 4.98. The summed E-state index contributed by atoms with van der Waals surface area (Å²) in [4.78, 5) is 14.9. The minimum Gasteiger partial charge on any atom is -0.365 e. The summed E-state index contributed by atoms with van der Waals surface area (Å²) < 4.78 is 2.03. The van der Waals surface area contributed by atoms with Crippen molar-refractivity contribution < 1.29 is 0 Å². The molecule has 4 aromatic rings. The zero-order chi connectivity index (χ0) is 23.2. The van der Waals surface area contributed by atoms with Crippen LogP contribution < -0.4 is 9.80 Å². The van der Waals surface area contributed by atoms with E-state index in [0.29, 0.717) is 6.04 Å². The smallest absolute Gasteiger partial charge is 0.254 e. The first-order valence-corrected chi connectivity index (χ1v) is 12.5. The number of aryl methyl sites for hydroxylation is 3. The van der Waals surface area contributed by atoms with Crippen LogP contribution in [-0.2, 0) is 19.3 Å². The van der Waals surface area contributed by atoms with Gasteiger partial charge in [0, 0.05) is 43.3 Å². The second-order valence-corrected chi connectivity index (χ2v) is 9.94. The van der Waals surface area contributed by atoms with Gasteiger partial charge in [0.25, 0.3) is 5.78 Å². The maximum Gasteiger partial charge on any atom is 0.254 e. The van der Waals surface area contributed by atoms with Crippen molar-refractivity contribution in [3.63, 3.8) is 0 Å². The summed E-state index contributed by atoms with van der Waals surface area (Å²) in [6.07, 6.45) is 4.01. The van der Waals surface area contributed by atoms with E-state index in [2.05, 4.69) is 79.1 Å². The van der Waals surface area contributed by atoms with Crippen LogP contribution in [0.2, 0.25) is 0 Å². The maximum atomic E-state index is 4.98. The monoisotopic (exact) mass is 452 g/mol. The van der Waals surface area contributed by atoms with Gasteiger partial charge in [-0.1, -0.05) is 42.0 Å².